The van der Waals surface area contributed by atoms with Gasteiger partial charge in [-0.05, 0) is 43.1 Å². The lowest BCUT2D eigenvalue weighted by Crippen LogP contribution is -2.20. The molecule has 1 atom stereocenters. The van der Waals surface area contributed by atoms with Gasteiger partial charge >= 0.3 is 0 Å². The molecule has 1 aromatic carbocycles. The van der Waals surface area contributed by atoms with Crippen LogP contribution in [0.15, 0.2) is 30.6 Å². The van der Waals surface area contributed by atoms with E-state index < -0.39 is 0 Å². The van der Waals surface area contributed by atoms with Gasteiger partial charge in [-0.15, -0.1) is 0 Å². The molecule has 108 valence electrons. The maximum Gasteiger partial charge on any atom is 0.123 e. The fraction of sp³-hybridized carbons (Fsp3) is 0.438. The minimum atomic E-state index is -0.194. The minimum Gasteiger partial charge on any atom is -0.338 e. The van der Waals surface area contributed by atoms with Gasteiger partial charge in [0.15, 0.2) is 0 Å². The molecule has 0 aliphatic heterocycles. The molecule has 0 spiro atoms. The average Bonchev–Trinajstić information content (AvgIpc) is 2.82. The van der Waals surface area contributed by atoms with Crippen molar-refractivity contribution >= 4 is 0 Å². The van der Waals surface area contributed by atoms with E-state index in [0.717, 1.165) is 29.9 Å². The Labute approximate surface area is 119 Å². The van der Waals surface area contributed by atoms with Crippen molar-refractivity contribution in [2.75, 3.05) is 6.54 Å². The summed E-state index contributed by atoms with van der Waals surface area (Å²) in [5.41, 5.74) is 2.14. The van der Waals surface area contributed by atoms with Crippen molar-refractivity contribution in [3.63, 3.8) is 0 Å². The van der Waals surface area contributed by atoms with Crippen molar-refractivity contribution in [1.29, 1.82) is 0 Å². The van der Waals surface area contributed by atoms with E-state index in [4.69, 9.17) is 0 Å². The second-order valence-corrected chi connectivity index (χ2v) is 5.15. The minimum absolute atomic E-state index is 0.194. The number of benzene rings is 1. The van der Waals surface area contributed by atoms with Gasteiger partial charge in [-0.1, -0.05) is 13.0 Å². The van der Waals surface area contributed by atoms with Crippen molar-refractivity contribution in [3.8, 4) is 0 Å². The third-order valence-electron chi connectivity index (χ3n) is 3.54. The zero-order valence-corrected chi connectivity index (χ0v) is 12.4. The van der Waals surface area contributed by atoms with Crippen LogP contribution >= 0.6 is 0 Å². The van der Waals surface area contributed by atoms with Crippen molar-refractivity contribution in [2.24, 2.45) is 7.05 Å². The highest BCUT2D eigenvalue weighted by Crippen LogP contribution is 2.21. The molecule has 0 fully saturated rings. The number of nitrogens with one attached hydrogen (secondary N) is 1. The quantitative estimate of drug-likeness (QED) is 0.877. The van der Waals surface area contributed by atoms with E-state index in [0.29, 0.717) is 6.42 Å². The molecule has 20 heavy (non-hydrogen) atoms. The van der Waals surface area contributed by atoms with Crippen LogP contribution in [-0.2, 0) is 13.5 Å². The number of aromatic nitrogens is 2. The Bertz CT molecular complexity index is 563. The second kappa shape index (κ2) is 6.66. The van der Waals surface area contributed by atoms with Gasteiger partial charge in [0.2, 0.25) is 0 Å². The molecule has 2 rings (SSSR count). The Morgan fingerprint density at radius 3 is 2.85 bits per heavy atom. The first kappa shape index (κ1) is 14.7. The van der Waals surface area contributed by atoms with Gasteiger partial charge < -0.3 is 9.88 Å². The summed E-state index contributed by atoms with van der Waals surface area (Å²) in [5, 5.41) is 3.45. The topological polar surface area (TPSA) is 29.9 Å². The maximum absolute atomic E-state index is 13.5. The SMILES string of the molecule is CCCNC(C)c1ccc(F)cc1Cc1nccn1C. The van der Waals surface area contributed by atoms with E-state index in [-0.39, 0.29) is 11.9 Å². The summed E-state index contributed by atoms with van der Waals surface area (Å²) >= 11 is 0. The molecule has 1 N–H and O–H groups in total. The smallest absolute Gasteiger partial charge is 0.123 e. The van der Waals surface area contributed by atoms with Gasteiger partial charge in [-0.25, -0.2) is 9.37 Å². The van der Waals surface area contributed by atoms with Gasteiger partial charge in [0.1, 0.15) is 11.6 Å². The molecule has 1 unspecified atom stereocenters. The third kappa shape index (κ3) is 3.45. The zero-order chi connectivity index (χ0) is 14.5. The standard InChI is InChI=1S/C16H22FN3/c1-4-7-18-12(2)15-6-5-14(17)10-13(15)11-16-19-8-9-20(16)3/h5-6,8-10,12,18H,4,7,11H2,1-3H3. The zero-order valence-electron chi connectivity index (χ0n) is 12.4. The lowest BCUT2D eigenvalue weighted by Gasteiger charge is -2.18. The molecule has 0 aliphatic rings. The van der Waals surface area contributed by atoms with Crippen molar-refractivity contribution < 1.29 is 4.39 Å². The van der Waals surface area contributed by atoms with Crippen LogP contribution in [0.25, 0.3) is 0 Å². The van der Waals surface area contributed by atoms with Crippen LogP contribution in [0.5, 0.6) is 0 Å². The van der Waals surface area contributed by atoms with E-state index in [2.05, 4.69) is 24.1 Å². The second-order valence-electron chi connectivity index (χ2n) is 5.15. The summed E-state index contributed by atoms with van der Waals surface area (Å²) in [5.74, 6) is 0.750. The number of aryl methyl sites for hydroxylation is 1. The van der Waals surface area contributed by atoms with Crippen LogP contribution in [-0.4, -0.2) is 16.1 Å². The first-order valence-electron chi connectivity index (χ1n) is 7.09. The Kier molecular flexibility index (Phi) is 4.90. The highest BCUT2D eigenvalue weighted by molar-refractivity contribution is 5.32. The first-order valence-corrected chi connectivity index (χ1v) is 7.09. The van der Waals surface area contributed by atoms with Crippen molar-refractivity contribution in [3.05, 3.63) is 53.4 Å². The Morgan fingerprint density at radius 1 is 1.40 bits per heavy atom. The normalized spacial score (nSPS) is 12.6. The summed E-state index contributed by atoms with van der Waals surface area (Å²) in [6, 6.07) is 5.24. The van der Waals surface area contributed by atoms with Crippen LogP contribution in [0, 0.1) is 5.82 Å². The van der Waals surface area contributed by atoms with E-state index in [1.54, 1.807) is 12.3 Å². The molecule has 1 heterocycles. The summed E-state index contributed by atoms with van der Waals surface area (Å²) < 4.78 is 15.5. The van der Waals surface area contributed by atoms with Gasteiger partial charge in [0.05, 0.1) is 0 Å². The van der Waals surface area contributed by atoms with E-state index in [1.807, 2.05) is 23.9 Å². The summed E-state index contributed by atoms with van der Waals surface area (Å²) in [6.45, 7) is 5.21. The fourth-order valence-corrected chi connectivity index (χ4v) is 2.36. The third-order valence-corrected chi connectivity index (χ3v) is 3.54. The highest BCUT2D eigenvalue weighted by Gasteiger charge is 2.13. The number of hydrogen-bond donors (Lipinski definition) is 1. The van der Waals surface area contributed by atoms with E-state index in [1.165, 1.54) is 6.07 Å². The Balaban J connectivity index is 2.26. The number of nitrogens with zero attached hydrogens (tertiary/aromatic N) is 2. The fourth-order valence-electron chi connectivity index (χ4n) is 2.36. The van der Waals surface area contributed by atoms with Gasteiger partial charge in [-0.3, -0.25) is 0 Å². The molecule has 0 saturated carbocycles. The van der Waals surface area contributed by atoms with Crippen LogP contribution in [0.4, 0.5) is 4.39 Å². The van der Waals surface area contributed by atoms with Crippen molar-refractivity contribution in [2.45, 2.75) is 32.7 Å². The average molecular weight is 275 g/mol. The summed E-state index contributed by atoms with van der Waals surface area (Å²) in [6.07, 6.45) is 5.41. The van der Waals surface area contributed by atoms with E-state index in [9.17, 15) is 4.39 Å². The van der Waals surface area contributed by atoms with Crippen LogP contribution in [0.2, 0.25) is 0 Å². The number of halogens is 1. The molecule has 0 radical (unpaired) electrons. The molecule has 4 heteroatoms. The Hall–Kier alpha value is -1.68. The van der Waals surface area contributed by atoms with Gasteiger partial charge in [-0.2, -0.15) is 0 Å². The summed E-state index contributed by atoms with van der Waals surface area (Å²) in [7, 11) is 1.96. The molecular formula is C16H22FN3. The van der Waals surface area contributed by atoms with E-state index >= 15 is 0 Å². The number of rotatable bonds is 6. The van der Waals surface area contributed by atoms with Crippen LogP contribution in [0.3, 0.4) is 0 Å². The first-order chi connectivity index (χ1) is 9.61. The highest BCUT2D eigenvalue weighted by atomic mass is 19.1. The Morgan fingerprint density at radius 2 is 2.20 bits per heavy atom. The molecule has 0 bridgehead atoms. The van der Waals surface area contributed by atoms with Crippen LogP contribution in [0.1, 0.15) is 43.3 Å². The monoisotopic (exact) mass is 275 g/mol. The largest absolute Gasteiger partial charge is 0.338 e. The molecule has 0 saturated heterocycles. The number of imidazole rings is 1. The molecule has 0 amide bonds. The van der Waals surface area contributed by atoms with Crippen LogP contribution < -0.4 is 5.32 Å². The molecule has 2 aromatic rings. The lowest BCUT2D eigenvalue weighted by atomic mass is 9.98. The number of hydrogen-bond acceptors (Lipinski definition) is 2. The van der Waals surface area contributed by atoms with Gasteiger partial charge in [0, 0.05) is 31.9 Å². The molecule has 3 nitrogen and oxygen atoms in total. The lowest BCUT2D eigenvalue weighted by molar-refractivity contribution is 0.562. The molecule has 0 aliphatic carbocycles. The summed E-state index contributed by atoms with van der Waals surface area (Å²) in [4.78, 5) is 4.32. The molecule has 1 aromatic heterocycles. The van der Waals surface area contributed by atoms with Crippen molar-refractivity contribution in [1.82, 2.24) is 14.9 Å². The predicted octanol–water partition coefficient (Wildman–Crippen LogP) is 3.21. The molecular weight excluding hydrogens is 253 g/mol. The predicted molar refractivity (Wildman–Crippen MR) is 79.1 cm³/mol. The van der Waals surface area contributed by atoms with Gasteiger partial charge in [0.25, 0.3) is 0 Å². The maximum atomic E-state index is 13.5.